The van der Waals surface area contributed by atoms with Gasteiger partial charge in [-0.25, -0.2) is 0 Å². The number of aromatic nitrogens is 1. The smallest absolute Gasteiger partial charge is 0.263 e. The van der Waals surface area contributed by atoms with Gasteiger partial charge in [0.1, 0.15) is 5.75 Å². The van der Waals surface area contributed by atoms with Crippen molar-refractivity contribution in [1.82, 2.24) is 15.2 Å². The van der Waals surface area contributed by atoms with Gasteiger partial charge < -0.3 is 15.0 Å². The van der Waals surface area contributed by atoms with Gasteiger partial charge in [0.2, 0.25) is 0 Å². The van der Waals surface area contributed by atoms with E-state index in [2.05, 4.69) is 26.2 Å². The summed E-state index contributed by atoms with van der Waals surface area (Å²) in [5.41, 5.74) is 0.538. The number of carbonyl (C=O) groups excluding carboxylic acids is 2. The Morgan fingerprint density at radius 1 is 1.32 bits per heavy atom. The van der Waals surface area contributed by atoms with Crippen molar-refractivity contribution >= 4 is 39.3 Å². The molecule has 1 saturated heterocycles. The minimum Gasteiger partial charge on any atom is -0.480 e. The summed E-state index contributed by atoms with van der Waals surface area (Å²) in [6.07, 6.45) is 3.97. The number of nitrogens with one attached hydrogen (secondary N) is 1. The predicted molar refractivity (Wildman–Crippen MR) is 111 cm³/mol. The number of rotatable bonds is 5. The van der Waals surface area contributed by atoms with Crippen LogP contribution in [0.2, 0.25) is 5.02 Å². The zero-order valence-electron chi connectivity index (χ0n) is 15.4. The van der Waals surface area contributed by atoms with Crippen molar-refractivity contribution in [3.63, 3.8) is 0 Å². The Kier molecular flexibility index (Phi) is 6.91. The average molecular weight is 467 g/mol. The van der Waals surface area contributed by atoms with Crippen LogP contribution < -0.4 is 10.1 Å². The second-order valence-electron chi connectivity index (χ2n) is 6.65. The molecule has 1 N–H and O–H groups in total. The molecule has 1 unspecified atom stereocenters. The number of carbonyl (C=O) groups is 2. The molecular formula is C20H21BrClN3O3. The quantitative estimate of drug-likeness (QED) is 0.729. The van der Waals surface area contributed by atoms with Gasteiger partial charge in [-0.05, 0) is 66.0 Å². The summed E-state index contributed by atoms with van der Waals surface area (Å²) in [7, 11) is 0. The lowest BCUT2D eigenvalue weighted by atomic mass is 10.0. The lowest BCUT2D eigenvalue weighted by Gasteiger charge is -2.34. The van der Waals surface area contributed by atoms with Crippen molar-refractivity contribution in [2.24, 2.45) is 0 Å². The Bertz CT molecular complexity index is 842. The summed E-state index contributed by atoms with van der Waals surface area (Å²) in [5.74, 6) is 0.366. The standard InChI is InChI=1S/C20H21BrClN3O3/c1-13(28-18-5-4-15(22)11-17(18)21)20(27)25-9-6-16(7-10-25)24-19(26)14-3-2-8-23-12-14/h2-5,8,11-13,16H,6-7,9-10H2,1H3,(H,24,26). The first-order valence-corrected chi connectivity index (χ1v) is 10.2. The fourth-order valence-corrected chi connectivity index (χ4v) is 3.85. The van der Waals surface area contributed by atoms with E-state index < -0.39 is 6.10 Å². The highest BCUT2D eigenvalue weighted by Gasteiger charge is 2.28. The molecule has 1 fully saturated rings. The molecule has 28 heavy (non-hydrogen) atoms. The van der Waals surface area contributed by atoms with Crippen molar-refractivity contribution in [2.75, 3.05) is 13.1 Å². The Hall–Kier alpha value is -2.12. The van der Waals surface area contributed by atoms with E-state index in [9.17, 15) is 9.59 Å². The Balaban J connectivity index is 1.49. The molecule has 0 bridgehead atoms. The molecule has 2 aromatic rings. The monoisotopic (exact) mass is 465 g/mol. The maximum Gasteiger partial charge on any atom is 0.263 e. The number of hydrogen-bond donors (Lipinski definition) is 1. The predicted octanol–water partition coefficient (Wildman–Crippen LogP) is 3.69. The van der Waals surface area contributed by atoms with E-state index in [1.807, 2.05) is 0 Å². The molecule has 0 saturated carbocycles. The molecule has 2 heterocycles. The summed E-state index contributed by atoms with van der Waals surface area (Å²) < 4.78 is 6.50. The highest BCUT2D eigenvalue weighted by Crippen LogP contribution is 2.29. The minimum atomic E-state index is -0.612. The van der Waals surface area contributed by atoms with E-state index in [4.69, 9.17) is 16.3 Å². The third-order valence-corrected chi connectivity index (χ3v) is 5.47. The van der Waals surface area contributed by atoms with Crippen LogP contribution >= 0.6 is 27.5 Å². The largest absolute Gasteiger partial charge is 0.480 e. The number of halogens is 2. The lowest BCUT2D eigenvalue weighted by molar-refractivity contribution is -0.139. The molecule has 1 aliphatic heterocycles. The average Bonchev–Trinajstić information content (AvgIpc) is 2.70. The number of nitrogens with zero attached hydrogens (tertiary/aromatic N) is 2. The van der Waals surface area contributed by atoms with E-state index in [1.165, 1.54) is 0 Å². The molecule has 1 aromatic heterocycles. The van der Waals surface area contributed by atoms with Crippen molar-refractivity contribution in [3.8, 4) is 5.75 Å². The Morgan fingerprint density at radius 2 is 2.07 bits per heavy atom. The van der Waals surface area contributed by atoms with Crippen LogP contribution in [0, 0.1) is 0 Å². The van der Waals surface area contributed by atoms with Crippen molar-refractivity contribution in [1.29, 1.82) is 0 Å². The Morgan fingerprint density at radius 3 is 2.71 bits per heavy atom. The van der Waals surface area contributed by atoms with Crippen LogP contribution in [0.3, 0.4) is 0 Å². The van der Waals surface area contributed by atoms with Crippen LogP contribution in [0.15, 0.2) is 47.2 Å². The van der Waals surface area contributed by atoms with Crippen LogP contribution in [-0.2, 0) is 4.79 Å². The molecule has 8 heteroatoms. The molecule has 0 aliphatic carbocycles. The number of amides is 2. The number of hydrogen-bond acceptors (Lipinski definition) is 4. The maximum atomic E-state index is 12.7. The topological polar surface area (TPSA) is 71.5 Å². The molecule has 3 rings (SSSR count). The first-order chi connectivity index (χ1) is 13.4. The van der Waals surface area contributed by atoms with Gasteiger partial charge in [-0.15, -0.1) is 0 Å². The maximum absolute atomic E-state index is 12.7. The van der Waals surface area contributed by atoms with Crippen LogP contribution in [0.25, 0.3) is 0 Å². The highest BCUT2D eigenvalue weighted by molar-refractivity contribution is 9.10. The zero-order chi connectivity index (χ0) is 20.1. The van der Waals surface area contributed by atoms with Gasteiger partial charge in [0, 0.05) is 36.5 Å². The van der Waals surface area contributed by atoms with Gasteiger partial charge in [-0.2, -0.15) is 0 Å². The normalized spacial score (nSPS) is 15.8. The lowest BCUT2D eigenvalue weighted by Crippen LogP contribution is -2.49. The van der Waals surface area contributed by atoms with Gasteiger partial charge in [0.25, 0.3) is 11.8 Å². The van der Waals surface area contributed by atoms with E-state index >= 15 is 0 Å². The second-order valence-corrected chi connectivity index (χ2v) is 7.94. The van der Waals surface area contributed by atoms with Crippen LogP contribution in [0.1, 0.15) is 30.1 Å². The van der Waals surface area contributed by atoms with E-state index in [0.29, 0.717) is 46.7 Å². The van der Waals surface area contributed by atoms with E-state index in [0.717, 1.165) is 0 Å². The second kappa shape index (κ2) is 9.39. The molecule has 2 amide bonds. The van der Waals surface area contributed by atoms with Crippen molar-refractivity contribution in [2.45, 2.75) is 31.9 Å². The molecule has 6 nitrogen and oxygen atoms in total. The molecular weight excluding hydrogens is 446 g/mol. The molecule has 1 aliphatic rings. The number of ether oxygens (including phenoxy) is 1. The van der Waals surface area contributed by atoms with Gasteiger partial charge in [-0.1, -0.05) is 11.6 Å². The third-order valence-electron chi connectivity index (χ3n) is 4.61. The number of piperidine rings is 1. The number of benzene rings is 1. The summed E-state index contributed by atoms with van der Waals surface area (Å²) in [5, 5.41) is 3.60. The van der Waals surface area contributed by atoms with Gasteiger partial charge in [-0.3, -0.25) is 14.6 Å². The summed E-state index contributed by atoms with van der Waals surface area (Å²) in [6.45, 7) is 2.89. The zero-order valence-corrected chi connectivity index (χ0v) is 17.7. The van der Waals surface area contributed by atoms with Gasteiger partial charge in [0.05, 0.1) is 10.0 Å². The van der Waals surface area contributed by atoms with Crippen LogP contribution in [-0.4, -0.2) is 46.9 Å². The summed E-state index contributed by atoms with van der Waals surface area (Å²) >= 11 is 9.32. The Labute approximate surface area is 177 Å². The third kappa shape index (κ3) is 5.23. The number of likely N-dealkylation sites (tertiary alicyclic amines) is 1. The SMILES string of the molecule is CC(Oc1ccc(Cl)cc1Br)C(=O)N1CCC(NC(=O)c2cccnc2)CC1. The highest BCUT2D eigenvalue weighted by atomic mass is 79.9. The van der Waals surface area contributed by atoms with Crippen LogP contribution in [0.5, 0.6) is 5.75 Å². The van der Waals surface area contributed by atoms with E-state index in [1.54, 1.807) is 54.5 Å². The molecule has 148 valence electrons. The fourth-order valence-electron chi connectivity index (χ4n) is 3.08. The molecule has 1 atom stereocenters. The van der Waals surface area contributed by atoms with Crippen molar-refractivity contribution < 1.29 is 14.3 Å². The molecule has 0 radical (unpaired) electrons. The first kappa shape index (κ1) is 20.6. The molecule has 1 aromatic carbocycles. The number of pyridine rings is 1. The first-order valence-electron chi connectivity index (χ1n) is 9.05. The summed E-state index contributed by atoms with van der Waals surface area (Å²) in [4.78, 5) is 30.7. The summed E-state index contributed by atoms with van der Waals surface area (Å²) in [6, 6.07) is 8.68. The van der Waals surface area contributed by atoms with Crippen molar-refractivity contribution in [3.05, 3.63) is 57.8 Å². The molecule has 0 spiro atoms. The van der Waals surface area contributed by atoms with E-state index in [-0.39, 0.29) is 17.9 Å². The van der Waals surface area contributed by atoms with Crippen LogP contribution in [0.4, 0.5) is 0 Å². The van der Waals surface area contributed by atoms with Gasteiger partial charge >= 0.3 is 0 Å². The minimum absolute atomic E-state index is 0.0402. The fraction of sp³-hybridized carbons (Fsp3) is 0.350. The van der Waals surface area contributed by atoms with Gasteiger partial charge in [0.15, 0.2) is 6.10 Å².